The molecule has 2 N–H and O–H groups in total. The van der Waals surface area contributed by atoms with Crippen molar-refractivity contribution < 1.29 is 9.53 Å². The summed E-state index contributed by atoms with van der Waals surface area (Å²) < 4.78 is 5.34. The molecule has 0 fully saturated rings. The molecule has 0 saturated carbocycles. The summed E-state index contributed by atoms with van der Waals surface area (Å²) in [6.07, 6.45) is 5.67. The van der Waals surface area contributed by atoms with Gasteiger partial charge in [-0.1, -0.05) is 48.6 Å². The average molecular weight is 498 g/mol. The van der Waals surface area contributed by atoms with E-state index in [1.54, 1.807) is 7.11 Å². The van der Waals surface area contributed by atoms with E-state index in [1.165, 1.54) is 22.9 Å². The summed E-state index contributed by atoms with van der Waals surface area (Å²) in [6, 6.07) is 25.0. The Balaban J connectivity index is 1.31. The summed E-state index contributed by atoms with van der Waals surface area (Å²) in [5.41, 5.74) is 8.26. The number of amides is 1. The average Bonchev–Trinajstić information content (AvgIpc) is 3.42. The van der Waals surface area contributed by atoms with Crippen molar-refractivity contribution in [1.29, 1.82) is 0 Å². The predicted molar refractivity (Wildman–Crippen MR) is 148 cm³/mol. The summed E-state index contributed by atoms with van der Waals surface area (Å²) in [5.74, 6) is 1.56. The first kappa shape index (κ1) is 24.2. The zero-order valence-corrected chi connectivity index (χ0v) is 21.6. The second-order valence-electron chi connectivity index (χ2n) is 9.30. The minimum atomic E-state index is -0.240. The minimum Gasteiger partial charge on any atom is -0.497 e. The lowest BCUT2D eigenvalue weighted by Gasteiger charge is -2.37. The Morgan fingerprint density at radius 2 is 1.89 bits per heavy atom. The van der Waals surface area contributed by atoms with Gasteiger partial charge in [-0.3, -0.25) is 4.79 Å². The van der Waals surface area contributed by atoms with Gasteiger partial charge in [-0.25, -0.2) is 5.43 Å². The molecule has 0 aromatic heterocycles. The van der Waals surface area contributed by atoms with Crippen LogP contribution in [0.2, 0.25) is 0 Å². The Morgan fingerprint density at radius 3 is 2.64 bits per heavy atom. The van der Waals surface area contributed by atoms with Gasteiger partial charge in [0.1, 0.15) is 5.75 Å². The maximum atomic E-state index is 12.6. The van der Waals surface area contributed by atoms with Crippen molar-refractivity contribution in [3.8, 4) is 5.75 Å². The first-order chi connectivity index (χ1) is 17.5. The quantitative estimate of drug-likeness (QED) is 0.168. The van der Waals surface area contributed by atoms with E-state index in [2.05, 4.69) is 58.3 Å². The number of nitrogens with zero attached hydrogens (tertiary/aromatic N) is 1. The van der Waals surface area contributed by atoms with E-state index in [4.69, 9.17) is 4.74 Å². The van der Waals surface area contributed by atoms with Crippen molar-refractivity contribution in [2.45, 2.75) is 42.4 Å². The fourth-order valence-corrected chi connectivity index (χ4v) is 5.89. The molecule has 0 unspecified atom stereocenters. The van der Waals surface area contributed by atoms with Crippen molar-refractivity contribution in [2.75, 3.05) is 12.4 Å². The van der Waals surface area contributed by atoms with Crippen LogP contribution in [0.25, 0.3) is 0 Å². The number of nitrogens with one attached hydrogen (secondary N) is 2. The fraction of sp³-hybridized carbons (Fsp3) is 0.267. The van der Waals surface area contributed by atoms with Gasteiger partial charge in [-0.2, -0.15) is 5.10 Å². The van der Waals surface area contributed by atoms with E-state index >= 15 is 0 Å². The highest BCUT2D eigenvalue weighted by Gasteiger charge is 2.38. The van der Waals surface area contributed by atoms with Gasteiger partial charge in [0.05, 0.1) is 24.1 Å². The van der Waals surface area contributed by atoms with Gasteiger partial charge in [0.25, 0.3) is 5.91 Å². The van der Waals surface area contributed by atoms with Crippen LogP contribution in [0.15, 0.2) is 94.9 Å². The van der Waals surface area contributed by atoms with Crippen LogP contribution in [0, 0.1) is 5.92 Å². The Kier molecular flexibility index (Phi) is 7.14. The van der Waals surface area contributed by atoms with E-state index in [9.17, 15) is 4.79 Å². The molecule has 0 radical (unpaired) electrons. The standard InChI is InChI=1S/C30H31N3O2S/c1-19(32-33-30(34)20(2)36-24-8-5-4-6-9-24)22-14-17-28-27(18-22)25-10-7-11-26(25)29(31-28)21-12-15-23(35-3)16-13-21/h4-10,12-18,20,25-26,29,31H,11H2,1-3H3,(H,33,34)/b32-19-/t20-,25-,26+,29+/m1/s1. The third kappa shape index (κ3) is 5.05. The Labute approximate surface area is 217 Å². The number of hydrazone groups is 1. The first-order valence-electron chi connectivity index (χ1n) is 12.3. The Bertz CT molecular complexity index is 1290. The molecule has 1 amide bonds. The normalized spacial score (nSPS) is 21.2. The van der Waals surface area contributed by atoms with E-state index in [1.807, 2.05) is 56.3 Å². The van der Waals surface area contributed by atoms with Crippen LogP contribution < -0.4 is 15.5 Å². The summed E-state index contributed by atoms with van der Waals surface area (Å²) >= 11 is 1.52. The van der Waals surface area contributed by atoms with Crippen molar-refractivity contribution in [3.05, 3.63) is 102 Å². The van der Waals surface area contributed by atoms with E-state index in [0.29, 0.717) is 11.8 Å². The number of thioether (sulfide) groups is 1. The highest BCUT2D eigenvalue weighted by atomic mass is 32.2. The van der Waals surface area contributed by atoms with Crippen molar-refractivity contribution >= 4 is 29.1 Å². The maximum Gasteiger partial charge on any atom is 0.253 e. The molecule has 0 saturated heterocycles. The lowest BCUT2D eigenvalue weighted by atomic mass is 9.76. The molecule has 3 aromatic carbocycles. The van der Waals surface area contributed by atoms with Crippen LogP contribution in [0.3, 0.4) is 0 Å². The van der Waals surface area contributed by atoms with Crippen LogP contribution in [-0.2, 0) is 4.79 Å². The van der Waals surface area contributed by atoms with Gasteiger partial charge in [0.15, 0.2) is 0 Å². The lowest BCUT2D eigenvalue weighted by molar-refractivity contribution is -0.120. The third-order valence-electron chi connectivity index (χ3n) is 7.01. The topological polar surface area (TPSA) is 62.7 Å². The molecule has 3 aromatic rings. The van der Waals surface area contributed by atoms with Crippen LogP contribution in [0.4, 0.5) is 5.69 Å². The van der Waals surface area contributed by atoms with E-state index in [-0.39, 0.29) is 17.2 Å². The number of methoxy groups -OCH3 is 1. The number of allylic oxidation sites excluding steroid dienone is 2. The molecule has 6 heteroatoms. The molecule has 1 aliphatic heterocycles. The SMILES string of the molecule is COc1ccc([C@@H]2Nc3ccc(/C(C)=N\NC(=O)[C@@H](C)Sc4ccccc4)cc3[C@@H]3C=CC[C@@H]32)cc1. The van der Waals surface area contributed by atoms with Crippen molar-refractivity contribution in [2.24, 2.45) is 11.0 Å². The number of carbonyl (C=O) groups excluding carboxylic acids is 1. The minimum absolute atomic E-state index is 0.107. The van der Waals surface area contributed by atoms with Crippen molar-refractivity contribution in [3.63, 3.8) is 0 Å². The van der Waals surface area contributed by atoms with Gasteiger partial charge < -0.3 is 10.1 Å². The monoisotopic (exact) mass is 497 g/mol. The molecule has 0 bridgehead atoms. The largest absolute Gasteiger partial charge is 0.497 e. The molecule has 36 heavy (non-hydrogen) atoms. The molecular weight excluding hydrogens is 466 g/mol. The second-order valence-corrected chi connectivity index (χ2v) is 10.7. The highest BCUT2D eigenvalue weighted by Crippen LogP contribution is 2.50. The summed E-state index contributed by atoms with van der Waals surface area (Å²) in [4.78, 5) is 13.7. The number of hydrogen-bond acceptors (Lipinski definition) is 5. The number of ether oxygens (including phenoxy) is 1. The fourth-order valence-electron chi connectivity index (χ4n) is 5.01. The second kappa shape index (κ2) is 10.6. The number of carbonyl (C=O) groups is 1. The maximum absolute atomic E-state index is 12.6. The molecule has 5 nitrogen and oxygen atoms in total. The summed E-state index contributed by atoms with van der Waals surface area (Å²) in [7, 11) is 1.69. The van der Waals surface area contributed by atoms with E-state index < -0.39 is 0 Å². The van der Waals surface area contributed by atoms with Crippen LogP contribution in [-0.4, -0.2) is 24.0 Å². The number of fused-ring (bicyclic) bond motifs is 3. The number of benzene rings is 3. The molecule has 1 heterocycles. The molecule has 184 valence electrons. The van der Waals surface area contributed by atoms with Crippen molar-refractivity contribution in [1.82, 2.24) is 5.43 Å². The van der Waals surface area contributed by atoms with Crippen LogP contribution >= 0.6 is 11.8 Å². The smallest absolute Gasteiger partial charge is 0.253 e. The molecule has 0 spiro atoms. The van der Waals surface area contributed by atoms with Gasteiger partial charge in [0.2, 0.25) is 0 Å². The number of anilines is 1. The van der Waals surface area contributed by atoms with Gasteiger partial charge >= 0.3 is 0 Å². The lowest BCUT2D eigenvalue weighted by Crippen LogP contribution is -2.29. The molecule has 1 aliphatic carbocycles. The Hall–Kier alpha value is -3.51. The molecular formula is C30H31N3O2S. The summed E-state index contributed by atoms with van der Waals surface area (Å²) in [6.45, 7) is 3.84. The van der Waals surface area contributed by atoms with Gasteiger partial charge in [-0.15, -0.1) is 11.8 Å². The van der Waals surface area contributed by atoms with Crippen LogP contribution in [0.5, 0.6) is 5.75 Å². The highest BCUT2D eigenvalue weighted by molar-refractivity contribution is 8.00. The molecule has 2 aliphatic rings. The number of hydrogen-bond donors (Lipinski definition) is 2. The van der Waals surface area contributed by atoms with Gasteiger partial charge in [0, 0.05) is 16.5 Å². The third-order valence-corrected chi connectivity index (χ3v) is 8.13. The Morgan fingerprint density at radius 1 is 1.11 bits per heavy atom. The summed E-state index contributed by atoms with van der Waals surface area (Å²) in [5, 5.41) is 7.97. The zero-order valence-electron chi connectivity index (χ0n) is 20.8. The molecule has 5 rings (SSSR count). The first-order valence-corrected chi connectivity index (χ1v) is 13.2. The molecule has 4 atom stereocenters. The van der Waals surface area contributed by atoms with E-state index in [0.717, 1.165) is 34.0 Å². The van der Waals surface area contributed by atoms with Gasteiger partial charge in [-0.05, 0) is 79.3 Å². The predicted octanol–water partition coefficient (Wildman–Crippen LogP) is 6.54. The number of rotatable bonds is 7. The van der Waals surface area contributed by atoms with Crippen LogP contribution in [0.1, 0.15) is 48.9 Å². The zero-order chi connectivity index (χ0) is 25.1.